The molecule has 1 aliphatic rings. The molecule has 2 N–H and O–H groups in total. The Kier molecular flexibility index (Phi) is 3.49. The third-order valence-electron chi connectivity index (χ3n) is 4.97. The van der Waals surface area contributed by atoms with Gasteiger partial charge in [-0.3, -0.25) is 0 Å². The number of esters is 1. The highest BCUT2D eigenvalue weighted by molar-refractivity contribution is 6.52. The predicted molar refractivity (Wildman–Crippen MR) is 110 cm³/mol. The molecule has 0 spiro atoms. The number of ether oxygens (including phenoxy) is 1. The molecule has 0 unspecified atom stereocenters. The van der Waals surface area contributed by atoms with E-state index in [1.54, 1.807) is 0 Å². The second-order valence-corrected chi connectivity index (χ2v) is 6.87. The van der Waals surface area contributed by atoms with Crippen LogP contribution in [-0.4, -0.2) is 23.0 Å². The van der Waals surface area contributed by atoms with E-state index in [1.807, 2.05) is 60.7 Å². The molecule has 0 saturated heterocycles. The van der Waals surface area contributed by atoms with Gasteiger partial charge in [-0.15, -0.1) is 0 Å². The van der Waals surface area contributed by atoms with Gasteiger partial charge >= 0.3 is 5.97 Å². The van der Waals surface area contributed by atoms with Crippen molar-refractivity contribution >= 4 is 62.1 Å². The van der Waals surface area contributed by atoms with E-state index in [4.69, 9.17) is 16.3 Å². The van der Waals surface area contributed by atoms with E-state index in [0.29, 0.717) is 16.3 Å². The highest BCUT2D eigenvalue weighted by Crippen LogP contribution is 2.39. The minimum Gasteiger partial charge on any atom is -0.465 e. The van der Waals surface area contributed by atoms with Crippen LogP contribution in [0.5, 0.6) is 0 Å². The summed E-state index contributed by atoms with van der Waals surface area (Å²) >= 11 is 6.71. The summed E-state index contributed by atoms with van der Waals surface area (Å²) in [5, 5.41) is 2.59. The number of carbonyl (C=O) groups is 1. The quantitative estimate of drug-likeness (QED) is 0.437. The second-order valence-electron chi connectivity index (χ2n) is 6.46. The normalized spacial score (nSPS) is 13.4. The van der Waals surface area contributed by atoms with Crippen molar-refractivity contribution in [2.45, 2.75) is 0 Å². The van der Waals surface area contributed by atoms with Crippen molar-refractivity contribution in [1.29, 1.82) is 0 Å². The maximum absolute atomic E-state index is 12.6. The number of para-hydroxylation sites is 2. The number of H-pyrrole nitrogens is 2. The van der Waals surface area contributed by atoms with Gasteiger partial charge in [-0.1, -0.05) is 48.0 Å². The van der Waals surface area contributed by atoms with Gasteiger partial charge < -0.3 is 14.7 Å². The highest BCUT2D eigenvalue weighted by Gasteiger charge is 2.24. The van der Waals surface area contributed by atoms with Crippen LogP contribution in [0.2, 0.25) is 0 Å². The number of hydrogen-bond donors (Lipinski definition) is 2. The van der Waals surface area contributed by atoms with E-state index in [1.165, 1.54) is 7.11 Å². The Labute approximate surface area is 160 Å². The molecule has 0 aliphatic heterocycles. The van der Waals surface area contributed by atoms with Crippen LogP contribution in [0.1, 0.15) is 22.5 Å². The summed E-state index contributed by atoms with van der Waals surface area (Å²) in [7, 11) is 1.39. The first-order valence-corrected chi connectivity index (χ1v) is 8.94. The van der Waals surface area contributed by atoms with Gasteiger partial charge in [0, 0.05) is 32.9 Å². The number of hydrogen-bond acceptors (Lipinski definition) is 2. The van der Waals surface area contributed by atoms with E-state index >= 15 is 0 Å². The van der Waals surface area contributed by atoms with Crippen LogP contribution < -0.4 is 0 Å². The fourth-order valence-electron chi connectivity index (χ4n) is 3.71. The molecule has 27 heavy (non-hydrogen) atoms. The Morgan fingerprint density at radius 1 is 0.852 bits per heavy atom. The summed E-state index contributed by atoms with van der Waals surface area (Å²) in [4.78, 5) is 19.4. The van der Waals surface area contributed by atoms with Crippen LogP contribution in [0.4, 0.5) is 0 Å². The minimum atomic E-state index is -0.398. The molecule has 0 fully saturated rings. The molecule has 132 valence electrons. The van der Waals surface area contributed by atoms with E-state index in [0.717, 1.165) is 38.6 Å². The van der Waals surface area contributed by atoms with Gasteiger partial charge in [-0.2, -0.15) is 0 Å². The minimum absolute atomic E-state index is 0.398. The molecule has 5 rings (SSSR count). The summed E-state index contributed by atoms with van der Waals surface area (Å²) in [5.74, 6) is -0.398. The third-order valence-corrected chi connectivity index (χ3v) is 5.26. The number of carbonyl (C=O) groups excluding carboxylic acids is 1. The summed E-state index contributed by atoms with van der Waals surface area (Å²) in [5.41, 5.74) is 5.61. The molecule has 0 atom stereocenters. The number of halogens is 1. The average Bonchev–Trinajstić information content (AvgIpc) is 3.23. The molecule has 1 aliphatic carbocycles. The fraction of sp³-hybridized carbons (Fsp3) is 0.0455. The Bertz CT molecular complexity index is 1290. The average molecular weight is 375 g/mol. The number of fused-ring (bicyclic) bond motifs is 6. The summed E-state index contributed by atoms with van der Waals surface area (Å²) in [6, 6.07) is 15.8. The molecular weight excluding hydrogens is 360 g/mol. The molecule has 2 aromatic carbocycles. The number of nitrogens with one attached hydrogen (secondary N) is 2. The van der Waals surface area contributed by atoms with Gasteiger partial charge in [-0.25, -0.2) is 4.79 Å². The summed E-state index contributed by atoms with van der Waals surface area (Å²) < 4.78 is 5.08. The smallest absolute Gasteiger partial charge is 0.340 e. The first-order chi connectivity index (χ1) is 13.2. The van der Waals surface area contributed by atoms with Crippen LogP contribution in [-0.2, 0) is 9.53 Å². The van der Waals surface area contributed by atoms with Crippen LogP contribution >= 0.6 is 11.6 Å². The Morgan fingerprint density at radius 2 is 1.41 bits per heavy atom. The van der Waals surface area contributed by atoms with E-state index in [-0.39, 0.29) is 0 Å². The monoisotopic (exact) mass is 374 g/mol. The molecule has 4 aromatic rings. The molecule has 0 saturated carbocycles. The van der Waals surface area contributed by atoms with Crippen LogP contribution in [0.15, 0.2) is 48.5 Å². The topological polar surface area (TPSA) is 57.9 Å². The zero-order valence-electron chi connectivity index (χ0n) is 14.5. The van der Waals surface area contributed by atoms with Crippen molar-refractivity contribution in [2.75, 3.05) is 7.11 Å². The first-order valence-electron chi connectivity index (χ1n) is 8.56. The second kappa shape index (κ2) is 5.89. The number of aromatic amines is 2. The summed E-state index contributed by atoms with van der Waals surface area (Å²) in [6.45, 7) is 0. The van der Waals surface area contributed by atoms with Crippen LogP contribution in [0.3, 0.4) is 0 Å². The maximum Gasteiger partial charge on any atom is 0.340 e. The third kappa shape index (κ3) is 2.34. The lowest BCUT2D eigenvalue weighted by molar-refractivity contribution is -0.133. The first kappa shape index (κ1) is 16.0. The summed E-state index contributed by atoms with van der Waals surface area (Å²) in [6.07, 6.45) is 3.75. The van der Waals surface area contributed by atoms with Crippen molar-refractivity contribution < 1.29 is 9.53 Å². The lowest BCUT2D eigenvalue weighted by Crippen LogP contribution is -2.06. The Balaban J connectivity index is 1.91. The number of rotatable bonds is 1. The molecule has 0 radical (unpaired) electrons. The van der Waals surface area contributed by atoms with Crippen LogP contribution in [0, 0.1) is 0 Å². The zero-order chi connectivity index (χ0) is 18.5. The largest absolute Gasteiger partial charge is 0.465 e. The molecular formula is C22H15ClN2O2. The van der Waals surface area contributed by atoms with Crippen molar-refractivity contribution in [1.82, 2.24) is 9.97 Å². The maximum atomic E-state index is 12.6. The molecule has 2 heterocycles. The van der Waals surface area contributed by atoms with Gasteiger partial charge in [0.2, 0.25) is 0 Å². The fourth-order valence-corrected chi connectivity index (χ4v) is 3.97. The molecule has 0 bridgehead atoms. The highest BCUT2D eigenvalue weighted by atomic mass is 35.5. The molecule has 2 aromatic heterocycles. The van der Waals surface area contributed by atoms with Gasteiger partial charge in [0.15, 0.2) is 0 Å². The van der Waals surface area contributed by atoms with Gasteiger partial charge in [0.05, 0.1) is 29.1 Å². The number of methoxy groups -OCH3 is 1. The van der Waals surface area contributed by atoms with E-state index in [9.17, 15) is 4.79 Å². The van der Waals surface area contributed by atoms with Gasteiger partial charge in [0.25, 0.3) is 0 Å². The Morgan fingerprint density at radius 3 is 2.04 bits per heavy atom. The Hall–Kier alpha value is -3.24. The zero-order valence-corrected chi connectivity index (χ0v) is 15.2. The number of benzene rings is 2. The lowest BCUT2D eigenvalue weighted by atomic mass is 9.98. The van der Waals surface area contributed by atoms with E-state index in [2.05, 4.69) is 9.97 Å². The predicted octanol–water partition coefficient (Wildman–Crippen LogP) is 5.41. The van der Waals surface area contributed by atoms with E-state index < -0.39 is 5.97 Å². The van der Waals surface area contributed by atoms with Crippen molar-refractivity contribution in [3.8, 4) is 0 Å². The van der Waals surface area contributed by atoms with Crippen LogP contribution in [0.25, 0.3) is 44.6 Å². The SMILES string of the molecule is COC(=O)C1=Cc2c([nH]c3ccccc23)C(Cl)=Cc2c1[nH]c1ccccc21. The van der Waals surface area contributed by atoms with Gasteiger partial charge in [-0.05, 0) is 24.3 Å². The molecule has 0 amide bonds. The number of aromatic nitrogens is 2. The van der Waals surface area contributed by atoms with Crippen molar-refractivity contribution in [3.05, 3.63) is 71.0 Å². The standard InChI is InChI=1S/C22H15ClN2O2/c1-27-22(26)16-10-14-12-6-2-5-9-19(12)25-21(14)17(23)11-15-13-7-3-4-8-18(13)24-20(15)16/h2-11,24-25H,1H3. The lowest BCUT2D eigenvalue weighted by Gasteiger charge is -2.10. The van der Waals surface area contributed by atoms with Crippen molar-refractivity contribution in [2.24, 2.45) is 0 Å². The van der Waals surface area contributed by atoms with Crippen molar-refractivity contribution in [3.63, 3.8) is 0 Å². The molecule has 4 nitrogen and oxygen atoms in total. The van der Waals surface area contributed by atoms with Gasteiger partial charge in [0.1, 0.15) is 0 Å². The molecule has 5 heteroatoms.